The molecule has 1 heterocycles. The predicted molar refractivity (Wildman–Crippen MR) is 73.1 cm³/mol. The fourth-order valence-corrected chi connectivity index (χ4v) is 1.82. The molecule has 2 aromatic rings. The molecule has 20 heavy (non-hydrogen) atoms. The Kier molecular flexibility index (Phi) is 4.47. The van der Waals surface area contributed by atoms with E-state index in [9.17, 15) is 4.79 Å². The van der Waals surface area contributed by atoms with Crippen molar-refractivity contribution in [1.29, 1.82) is 0 Å². The summed E-state index contributed by atoms with van der Waals surface area (Å²) in [6.45, 7) is 2.91. The molecule has 1 aromatic carbocycles. The van der Waals surface area contributed by atoms with Gasteiger partial charge in [-0.2, -0.15) is 4.98 Å². The van der Waals surface area contributed by atoms with Crippen molar-refractivity contribution in [3.05, 3.63) is 35.7 Å². The molecule has 0 saturated carbocycles. The maximum atomic E-state index is 10.5. The van der Waals surface area contributed by atoms with Gasteiger partial charge in [-0.05, 0) is 26.1 Å². The SMILES string of the molecule is Cc1cccc(-c2nc(CN(C)CCC(=O)O)no2)c1. The van der Waals surface area contributed by atoms with Crippen LogP contribution in [0.15, 0.2) is 28.8 Å². The van der Waals surface area contributed by atoms with E-state index < -0.39 is 5.97 Å². The number of carboxylic acids is 1. The van der Waals surface area contributed by atoms with Gasteiger partial charge in [-0.1, -0.05) is 22.9 Å². The lowest BCUT2D eigenvalue weighted by atomic mass is 10.1. The first-order valence-corrected chi connectivity index (χ1v) is 6.34. The number of carbonyl (C=O) groups is 1. The molecule has 0 radical (unpaired) electrons. The highest BCUT2D eigenvalue weighted by Crippen LogP contribution is 2.18. The van der Waals surface area contributed by atoms with Crippen molar-refractivity contribution in [2.75, 3.05) is 13.6 Å². The topological polar surface area (TPSA) is 79.5 Å². The van der Waals surface area contributed by atoms with Crippen molar-refractivity contribution in [1.82, 2.24) is 15.0 Å². The molecule has 0 amide bonds. The number of hydrogen-bond acceptors (Lipinski definition) is 5. The van der Waals surface area contributed by atoms with Gasteiger partial charge < -0.3 is 9.63 Å². The smallest absolute Gasteiger partial charge is 0.304 e. The van der Waals surface area contributed by atoms with Crippen LogP contribution in [0.3, 0.4) is 0 Å². The molecule has 0 unspecified atom stereocenters. The molecule has 0 atom stereocenters. The molecule has 0 aliphatic rings. The summed E-state index contributed by atoms with van der Waals surface area (Å²) < 4.78 is 5.23. The van der Waals surface area contributed by atoms with Crippen LogP contribution >= 0.6 is 0 Å². The second-order valence-corrected chi connectivity index (χ2v) is 4.77. The van der Waals surface area contributed by atoms with Crippen LogP contribution in [0.1, 0.15) is 17.8 Å². The maximum Gasteiger partial charge on any atom is 0.304 e. The van der Waals surface area contributed by atoms with Crippen molar-refractivity contribution in [3.63, 3.8) is 0 Å². The van der Waals surface area contributed by atoms with Crippen LogP contribution in [0.5, 0.6) is 0 Å². The molecule has 1 aromatic heterocycles. The van der Waals surface area contributed by atoms with E-state index in [-0.39, 0.29) is 6.42 Å². The zero-order valence-corrected chi connectivity index (χ0v) is 11.5. The molecule has 0 fully saturated rings. The minimum atomic E-state index is -0.814. The summed E-state index contributed by atoms with van der Waals surface area (Å²) in [5.74, 6) is 0.218. The van der Waals surface area contributed by atoms with Gasteiger partial charge in [0, 0.05) is 12.1 Å². The third-order valence-electron chi connectivity index (χ3n) is 2.85. The highest BCUT2D eigenvalue weighted by Gasteiger charge is 2.11. The lowest BCUT2D eigenvalue weighted by molar-refractivity contribution is -0.137. The van der Waals surface area contributed by atoms with E-state index in [2.05, 4.69) is 10.1 Å². The van der Waals surface area contributed by atoms with Gasteiger partial charge in [0.15, 0.2) is 5.82 Å². The number of rotatable bonds is 6. The minimum absolute atomic E-state index is 0.0963. The van der Waals surface area contributed by atoms with Crippen molar-refractivity contribution in [3.8, 4) is 11.5 Å². The van der Waals surface area contributed by atoms with Crippen LogP contribution in [-0.2, 0) is 11.3 Å². The number of benzene rings is 1. The third kappa shape index (κ3) is 3.89. The number of carboxylic acid groups (broad SMARTS) is 1. The Labute approximate surface area is 117 Å². The van der Waals surface area contributed by atoms with E-state index in [4.69, 9.17) is 9.63 Å². The third-order valence-corrected chi connectivity index (χ3v) is 2.85. The first-order chi connectivity index (χ1) is 9.54. The second kappa shape index (κ2) is 6.29. The van der Waals surface area contributed by atoms with Crippen LogP contribution in [0.4, 0.5) is 0 Å². The monoisotopic (exact) mass is 275 g/mol. The molecule has 6 heteroatoms. The van der Waals surface area contributed by atoms with E-state index in [1.807, 2.05) is 43.1 Å². The summed E-state index contributed by atoms with van der Waals surface area (Å²) in [4.78, 5) is 16.7. The highest BCUT2D eigenvalue weighted by molar-refractivity contribution is 5.66. The summed E-state index contributed by atoms with van der Waals surface area (Å²) in [6.07, 6.45) is 0.0963. The van der Waals surface area contributed by atoms with Crippen LogP contribution < -0.4 is 0 Å². The predicted octanol–water partition coefficient (Wildman–Crippen LogP) is 1.95. The van der Waals surface area contributed by atoms with Crippen LogP contribution in [0, 0.1) is 6.92 Å². The Morgan fingerprint density at radius 1 is 1.45 bits per heavy atom. The Morgan fingerprint density at radius 2 is 2.25 bits per heavy atom. The lowest BCUT2D eigenvalue weighted by Gasteiger charge is -2.11. The van der Waals surface area contributed by atoms with Crippen molar-refractivity contribution in [2.24, 2.45) is 0 Å². The average Bonchev–Trinajstić information content (AvgIpc) is 2.85. The second-order valence-electron chi connectivity index (χ2n) is 4.77. The number of hydrogen-bond donors (Lipinski definition) is 1. The molecular weight excluding hydrogens is 258 g/mol. The van der Waals surface area contributed by atoms with Gasteiger partial charge in [0.1, 0.15) is 0 Å². The van der Waals surface area contributed by atoms with Crippen molar-refractivity contribution < 1.29 is 14.4 Å². The average molecular weight is 275 g/mol. The first kappa shape index (κ1) is 14.2. The molecule has 6 nitrogen and oxygen atoms in total. The zero-order chi connectivity index (χ0) is 14.5. The Hall–Kier alpha value is -2.21. The van der Waals surface area contributed by atoms with E-state index >= 15 is 0 Å². The normalized spacial score (nSPS) is 10.9. The summed E-state index contributed by atoms with van der Waals surface area (Å²) in [5, 5.41) is 12.5. The summed E-state index contributed by atoms with van der Waals surface area (Å²) in [6, 6.07) is 7.83. The van der Waals surface area contributed by atoms with E-state index in [1.54, 1.807) is 0 Å². The summed E-state index contributed by atoms with van der Waals surface area (Å²) >= 11 is 0. The molecule has 106 valence electrons. The molecule has 0 aliphatic carbocycles. The van der Waals surface area contributed by atoms with Gasteiger partial charge in [-0.15, -0.1) is 0 Å². The molecule has 0 saturated heterocycles. The van der Waals surface area contributed by atoms with Crippen LogP contribution in [0.2, 0.25) is 0 Å². The fourth-order valence-electron chi connectivity index (χ4n) is 1.82. The maximum absolute atomic E-state index is 10.5. The molecule has 2 rings (SSSR count). The van der Waals surface area contributed by atoms with Crippen molar-refractivity contribution in [2.45, 2.75) is 19.9 Å². The quantitative estimate of drug-likeness (QED) is 0.868. The molecule has 1 N–H and O–H groups in total. The number of nitrogens with zero attached hydrogens (tertiary/aromatic N) is 3. The molecule has 0 aliphatic heterocycles. The van der Waals surface area contributed by atoms with E-state index in [0.29, 0.717) is 24.8 Å². The minimum Gasteiger partial charge on any atom is -0.481 e. The molecule has 0 spiro atoms. The van der Waals surface area contributed by atoms with E-state index in [1.165, 1.54) is 0 Å². The Balaban J connectivity index is 2.00. The van der Waals surface area contributed by atoms with Gasteiger partial charge in [0.25, 0.3) is 5.89 Å². The highest BCUT2D eigenvalue weighted by atomic mass is 16.5. The van der Waals surface area contributed by atoms with E-state index in [0.717, 1.165) is 11.1 Å². The summed E-state index contributed by atoms with van der Waals surface area (Å²) in [5.41, 5.74) is 2.01. The summed E-state index contributed by atoms with van der Waals surface area (Å²) in [7, 11) is 1.83. The standard InChI is InChI=1S/C14H17N3O3/c1-10-4-3-5-11(8-10)14-15-12(16-20-14)9-17(2)7-6-13(18)19/h3-5,8H,6-7,9H2,1-2H3,(H,18,19). The van der Waals surface area contributed by atoms with Crippen molar-refractivity contribution >= 4 is 5.97 Å². The Morgan fingerprint density at radius 3 is 2.95 bits per heavy atom. The van der Waals surface area contributed by atoms with Gasteiger partial charge in [0.2, 0.25) is 0 Å². The Bertz CT molecular complexity index is 595. The molecular formula is C14H17N3O3. The van der Waals surface area contributed by atoms with Gasteiger partial charge >= 0.3 is 5.97 Å². The largest absolute Gasteiger partial charge is 0.481 e. The lowest BCUT2D eigenvalue weighted by Crippen LogP contribution is -2.21. The number of aliphatic carboxylic acids is 1. The van der Waals surface area contributed by atoms with Crippen LogP contribution in [0.25, 0.3) is 11.5 Å². The van der Waals surface area contributed by atoms with Gasteiger partial charge in [-0.25, -0.2) is 0 Å². The molecule has 0 bridgehead atoms. The van der Waals surface area contributed by atoms with Crippen LogP contribution in [-0.4, -0.2) is 39.7 Å². The fraction of sp³-hybridized carbons (Fsp3) is 0.357. The number of aryl methyl sites for hydroxylation is 1. The van der Waals surface area contributed by atoms with Gasteiger partial charge in [-0.3, -0.25) is 9.69 Å². The first-order valence-electron chi connectivity index (χ1n) is 6.34. The van der Waals surface area contributed by atoms with Gasteiger partial charge in [0.05, 0.1) is 13.0 Å². The number of aromatic nitrogens is 2. The zero-order valence-electron chi connectivity index (χ0n) is 11.5.